The van der Waals surface area contributed by atoms with Crippen LogP contribution in [0.15, 0.2) is 30.3 Å². The van der Waals surface area contributed by atoms with Crippen molar-refractivity contribution in [1.82, 2.24) is 4.57 Å². The number of aromatic nitrogens is 1. The van der Waals surface area contributed by atoms with Gasteiger partial charge in [0.2, 0.25) is 0 Å². The molecule has 0 fully saturated rings. The Labute approximate surface area is 115 Å². The van der Waals surface area contributed by atoms with Gasteiger partial charge in [-0.25, -0.2) is 4.79 Å². The minimum absolute atomic E-state index is 0.185. The number of nitrogens with zero attached hydrogens (tertiary/aromatic N) is 1. The number of carboxylic acid groups (broad SMARTS) is 1. The topological polar surface area (TPSA) is 59.3 Å². The first-order chi connectivity index (χ1) is 8.93. The predicted molar refractivity (Wildman–Crippen MR) is 72.2 cm³/mol. The van der Waals surface area contributed by atoms with Gasteiger partial charge in [-0.1, -0.05) is 23.7 Å². The van der Waals surface area contributed by atoms with Crippen molar-refractivity contribution in [2.24, 2.45) is 0 Å². The maximum atomic E-state index is 11.6. The molecule has 1 aromatic heterocycles. The van der Waals surface area contributed by atoms with Crippen LogP contribution in [0.3, 0.4) is 0 Å². The largest absolute Gasteiger partial charge is 0.475 e. The molecule has 0 atom stereocenters. The van der Waals surface area contributed by atoms with E-state index in [-0.39, 0.29) is 5.56 Å². The maximum absolute atomic E-state index is 11.6. The number of rotatable bonds is 3. The fourth-order valence-corrected chi connectivity index (χ4v) is 2.33. The molecule has 0 amide bonds. The molecule has 2 rings (SSSR count). The minimum atomic E-state index is -1.46. The number of aliphatic carboxylic acids is 1. The number of carboxylic acids is 1. The van der Waals surface area contributed by atoms with E-state index in [0.717, 1.165) is 11.4 Å². The van der Waals surface area contributed by atoms with Crippen molar-refractivity contribution in [3.05, 3.63) is 52.3 Å². The van der Waals surface area contributed by atoms with Gasteiger partial charge < -0.3 is 9.67 Å². The van der Waals surface area contributed by atoms with Gasteiger partial charge in [0.05, 0.1) is 16.3 Å². The van der Waals surface area contributed by atoms with Gasteiger partial charge in [0.15, 0.2) is 0 Å². The monoisotopic (exact) mass is 277 g/mol. The summed E-state index contributed by atoms with van der Waals surface area (Å²) in [7, 11) is 0. The summed E-state index contributed by atoms with van der Waals surface area (Å²) in [6.45, 7) is 3.50. The van der Waals surface area contributed by atoms with E-state index < -0.39 is 11.8 Å². The second kappa shape index (κ2) is 4.90. The zero-order valence-corrected chi connectivity index (χ0v) is 11.2. The highest BCUT2D eigenvalue weighted by molar-refractivity contribution is 6.40. The van der Waals surface area contributed by atoms with E-state index in [0.29, 0.717) is 10.7 Å². The number of hydrogen-bond acceptors (Lipinski definition) is 2. The Kier molecular flexibility index (Phi) is 3.44. The quantitative estimate of drug-likeness (QED) is 0.693. The van der Waals surface area contributed by atoms with Gasteiger partial charge in [-0.2, -0.15) is 0 Å². The highest BCUT2D eigenvalue weighted by Gasteiger charge is 2.22. The van der Waals surface area contributed by atoms with Crippen LogP contribution in [0.1, 0.15) is 21.7 Å². The van der Waals surface area contributed by atoms with Crippen molar-refractivity contribution < 1.29 is 14.7 Å². The van der Waals surface area contributed by atoms with Gasteiger partial charge in [-0.3, -0.25) is 4.79 Å². The average Bonchev–Trinajstić information content (AvgIpc) is 2.65. The molecule has 19 heavy (non-hydrogen) atoms. The highest BCUT2D eigenvalue weighted by Crippen LogP contribution is 2.26. The summed E-state index contributed by atoms with van der Waals surface area (Å²) < 4.78 is 1.78. The molecule has 0 saturated heterocycles. The molecule has 0 saturated carbocycles. The van der Waals surface area contributed by atoms with Crippen molar-refractivity contribution in [2.75, 3.05) is 0 Å². The standard InChI is InChI=1S/C14H12ClNO3/c1-8-7-10(13(17)14(18)19)9(2)16(8)12-6-4-3-5-11(12)15/h3-7H,1-2H3,(H,18,19). The van der Waals surface area contributed by atoms with Crippen molar-refractivity contribution >= 4 is 23.4 Å². The zero-order chi connectivity index (χ0) is 14.2. The molecule has 1 aromatic carbocycles. The van der Waals surface area contributed by atoms with E-state index in [1.807, 2.05) is 18.2 Å². The predicted octanol–water partition coefficient (Wildman–Crippen LogP) is 3.01. The fourth-order valence-electron chi connectivity index (χ4n) is 2.11. The number of hydrogen-bond donors (Lipinski definition) is 1. The Balaban J connectivity index is 2.64. The van der Waals surface area contributed by atoms with Crippen LogP contribution < -0.4 is 0 Å². The third-order valence-electron chi connectivity index (χ3n) is 2.96. The number of ketones is 1. The number of aryl methyl sites for hydroxylation is 1. The van der Waals surface area contributed by atoms with Crippen LogP contribution in [0.5, 0.6) is 0 Å². The molecule has 1 heterocycles. The first-order valence-electron chi connectivity index (χ1n) is 5.65. The van der Waals surface area contributed by atoms with Crippen LogP contribution in [-0.4, -0.2) is 21.4 Å². The summed E-state index contributed by atoms with van der Waals surface area (Å²) in [6.07, 6.45) is 0. The van der Waals surface area contributed by atoms with Crippen LogP contribution in [-0.2, 0) is 4.79 Å². The molecule has 0 aliphatic heterocycles. The molecular formula is C14H12ClNO3. The summed E-state index contributed by atoms with van der Waals surface area (Å²) in [5.41, 5.74) is 2.24. The first-order valence-corrected chi connectivity index (χ1v) is 6.02. The zero-order valence-electron chi connectivity index (χ0n) is 10.5. The smallest absolute Gasteiger partial charge is 0.377 e. The number of benzene rings is 1. The lowest BCUT2D eigenvalue weighted by molar-refractivity contribution is -0.131. The van der Waals surface area contributed by atoms with Gasteiger partial charge in [0.1, 0.15) is 0 Å². The van der Waals surface area contributed by atoms with Crippen LogP contribution >= 0.6 is 11.6 Å². The Bertz CT molecular complexity index is 673. The van der Waals surface area contributed by atoms with Gasteiger partial charge in [-0.15, -0.1) is 0 Å². The molecule has 1 N–H and O–H groups in total. The molecule has 4 nitrogen and oxygen atoms in total. The highest BCUT2D eigenvalue weighted by atomic mass is 35.5. The van der Waals surface area contributed by atoms with E-state index in [4.69, 9.17) is 16.7 Å². The number of Topliss-reactive ketones (excluding diaryl/α,β-unsaturated/α-hetero) is 1. The third kappa shape index (κ3) is 2.27. The minimum Gasteiger partial charge on any atom is -0.475 e. The van der Waals surface area contributed by atoms with Crippen molar-refractivity contribution in [1.29, 1.82) is 0 Å². The Morgan fingerprint density at radius 1 is 1.21 bits per heavy atom. The summed E-state index contributed by atoms with van der Waals surface area (Å²) in [5, 5.41) is 9.34. The van der Waals surface area contributed by atoms with Crippen LogP contribution in [0, 0.1) is 13.8 Å². The Morgan fingerprint density at radius 3 is 2.42 bits per heavy atom. The maximum Gasteiger partial charge on any atom is 0.377 e. The average molecular weight is 278 g/mol. The number of carbonyl (C=O) groups is 2. The molecule has 0 radical (unpaired) electrons. The van der Waals surface area contributed by atoms with Crippen molar-refractivity contribution in [3.63, 3.8) is 0 Å². The Hall–Kier alpha value is -2.07. The number of para-hydroxylation sites is 1. The van der Waals surface area contributed by atoms with E-state index in [1.54, 1.807) is 30.5 Å². The van der Waals surface area contributed by atoms with Crippen LogP contribution in [0.2, 0.25) is 5.02 Å². The van der Waals surface area contributed by atoms with Gasteiger partial charge in [0.25, 0.3) is 5.78 Å². The van der Waals surface area contributed by atoms with Crippen molar-refractivity contribution in [2.45, 2.75) is 13.8 Å². The second-order valence-electron chi connectivity index (χ2n) is 4.21. The van der Waals surface area contributed by atoms with Gasteiger partial charge in [-0.05, 0) is 32.0 Å². The van der Waals surface area contributed by atoms with Crippen molar-refractivity contribution in [3.8, 4) is 5.69 Å². The summed E-state index contributed by atoms with van der Waals surface area (Å²) in [6, 6.07) is 8.77. The number of carbonyl (C=O) groups excluding carboxylic acids is 1. The summed E-state index contributed by atoms with van der Waals surface area (Å²) in [4.78, 5) is 22.4. The lowest BCUT2D eigenvalue weighted by atomic mass is 10.1. The summed E-state index contributed by atoms with van der Waals surface area (Å²) >= 11 is 6.13. The molecule has 0 bridgehead atoms. The number of halogens is 1. The molecule has 0 spiro atoms. The lowest BCUT2D eigenvalue weighted by Gasteiger charge is -2.11. The normalized spacial score (nSPS) is 10.5. The second-order valence-corrected chi connectivity index (χ2v) is 4.61. The van der Waals surface area contributed by atoms with Crippen LogP contribution in [0.4, 0.5) is 0 Å². The van der Waals surface area contributed by atoms with E-state index >= 15 is 0 Å². The van der Waals surface area contributed by atoms with E-state index in [2.05, 4.69) is 0 Å². The summed E-state index contributed by atoms with van der Waals surface area (Å²) in [5.74, 6) is -2.37. The SMILES string of the molecule is Cc1cc(C(=O)C(=O)O)c(C)n1-c1ccccc1Cl. The molecule has 0 unspecified atom stereocenters. The lowest BCUT2D eigenvalue weighted by Crippen LogP contribution is -2.13. The van der Waals surface area contributed by atoms with E-state index in [9.17, 15) is 9.59 Å². The fraction of sp³-hybridized carbons (Fsp3) is 0.143. The molecular weight excluding hydrogens is 266 g/mol. The molecule has 0 aliphatic carbocycles. The molecule has 5 heteroatoms. The van der Waals surface area contributed by atoms with Crippen LogP contribution in [0.25, 0.3) is 5.69 Å². The first kappa shape index (κ1) is 13.4. The molecule has 98 valence electrons. The van der Waals surface area contributed by atoms with Gasteiger partial charge >= 0.3 is 5.97 Å². The van der Waals surface area contributed by atoms with Gasteiger partial charge in [0, 0.05) is 11.4 Å². The molecule has 2 aromatic rings. The molecule has 0 aliphatic rings. The third-order valence-corrected chi connectivity index (χ3v) is 3.28. The van der Waals surface area contributed by atoms with E-state index in [1.165, 1.54) is 0 Å². The Morgan fingerprint density at radius 2 is 1.84 bits per heavy atom.